The van der Waals surface area contributed by atoms with Crippen LogP contribution in [0, 0.1) is 5.82 Å². The van der Waals surface area contributed by atoms with E-state index in [1.165, 1.54) is 11.0 Å². The van der Waals surface area contributed by atoms with Crippen LogP contribution in [-0.4, -0.2) is 23.8 Å². The Morgan fingerprint density at radius 2 is 1.86 bits per heavy atom. The molecule has 0 saturated heterocycles. The highest BCUT2D eigenvalue weighted by Crippen LogP contribution is 2.41. The first-order valence-corrected chi connectivity index (χ1v) is 9.57. The molecule has 0 spiro atoms. The molecule has 0 fully saturated rings. The Morgan fingerprint density at radius 3 is 2.59 bits per heavy atom. The third kappa shape index (κ3) is 3.18. The molecule has 1 aliphatic heterocycles. The third-order valence-electron chi connectivity index (χ3n) is 5.33. The fourth-order valence-electron chi connectivity index (χ4n) is 3.74. The number of guanidine groups is 1. The first-order chi connectivity index (χ1) is 14.0. The number of halogens is 1. The number of amides is 1. The summed E-state index contributed by atoms with van der Waals surface area (Å²) in [7, 11) is 1.55. The van der Waals surface area contributed by atoms with Gasteiger partial charge in [0.2, 0.25) is 0 Å². The highest BCUT2D eigenvalue weighted by Gasteiger charge is 2.51. The summed E-state index contributed by atoms with van der Waals surface area (Å²) < 4.78 is 15.2. The summed E-state index contributed by atoms with van der Waals surface area (Å²) in [4.78, 5) is 19.1. The van der Waals surface area contributed by atoms with E-state index >= 15 is 4.39 Å². The van der Waals surface area contributed by atoms with Crippen molar-refractivity contribution in [2.24, 2.45) is 10.7 Å². The predicted molar refractivity (Wildman–Crippen MR) is 114 cm³/mol. The van der Waals surface area contributed by atoms with E-state index < -0.39 is 11.4 Å². The largest absolute Gasteiger partial charge is 0.369 e. The lowest BCUT2D eigenvalue weighted by Crippen LogP contribution is -2.41. The third-order valence-corrected chi connectivity index (χ3v) is 5.33. The molecule has 1 aliphatic carbocycles. The van der Waals surface area contributed by atoms with Gasteiger partial charge in [-0.2, -0.15) is 0 Å². The zero-order chi connectivity index (χ0) is 20.4. The molecule has 4 nitrogen and oxygen atoms in total. The molecule has 2 N–H and O–H groups in total. The zero-order valence-electron chi connectivity index (χ0n) is 16.2. The van der Waals surface area contributed by atoms with Gasteiger partial charge >= 0.3 is 0 Å². The molecular weight excluding hydrogens is 365 g/mol. The molecule has 1 unspecified atom stereocenters. The van der Waals surface area contributed by atoms with Gasteiger partial charge in [-0.3, -0.25) is 9.69 Å². The fraction of sp³-hybridized carbons (Fsp3) is 0.167. The zero-order valence-corrected chi connectivity index (χ0v) is 16.2. The van der Waals surface area contributed by atoms with Gasteiger partial charge in [0, 0.05) is 12.6 Å². The second kappa shape index (κ2) is 7.51. The molecule has 4 rings (SSSR count). The van der Waals surface area contributed by atoms with E-state index in [4.69, 9.17) is 5.73 Å². The van der Waals surface area contributed by atoms with Crippen LogP contribution >= 0.6 is 0 Å². The normalized spacial score (nSPS) is 22.7. The number of likely N-dealkylation sites (N-methyl/N-ethyl adjacent to an activating group) is 1. The molecule has 1 atom stereocenters. The standard InChI is InChI=1S/C24H22FN3O/c1-28-22(29)24(27-23(28)26,19-12-8-5-9-13-19)20-16-18(14-15-21(20)25)17-10-6-3-2-4-7-11-17/h3,5-16H,2,4H2,1H3,(H2,26,27)/b6-3-,11-7?,17-10?. The summed E-state index contributed by atoms with van der Waals surface area (Å²) in [5, 5.41) is 0. The number of benzene rings is 2. The maximum atomic E-state index is 15.2. The minimum atomic E-state index is -1.54. The minimum absolute atomic E-state index is 0.0663. The number of aliphatic imine (C=N–C) groups is 1. The Morgan fingerprint density at radius 1 is 1.10 bits per heavy atom. The van der Waals surface area contributed by atoms with Crippen molar-refractivity contribution in [2.45, 2.75) is 18.4 Å². The highest BCUT2D eigenvalue weighted by molar-refractivity contribution is 6.09. The molecule has 0 bridgehead atoms. The Hall–Kier alpha value is -3.47. The Balaban J connectivity index is 1.94. The smallest absolute Gasteiger partial charge is 0.266 e. The first-order valence-electron chi connectivity index (χ1n) is 9.57. The fourth-order valence-corrected chi connectivity index (χ4v) is 3.74. The van der Waals surface area contributed by atoms with Gasteiger partial charge in [-0.05, 0) is 41.7 Å². The lowest BCUT2D eigenvalue weighted by Gasteiger charge is -2.27. The predicted octanol–water partition coefficient (Wildman–Crippen LogP) is 4.15. The summed E-state index contributed by atoms with van der Waals surface area (Å²) >= 11 is 0. The van der Waals surface area contributed by atoms with Gasteiger partial charge < -0.3 is 5.73 Å². The van der Waals surface area contributed by atoms with Crippen LogP contribution in [0.2, 0.25) is 0 Å². The molecule has 1 heterocycles. The SMILES string of the molecule is CN1C(=O)C(c2ccccc2)(c2cc(C3=C/C=C\CCC=C3)ccc2F)N=C1N. The highest BCUT2D eigenvalue weighted by atomic mass is 19.1. The van der Waals surface area contributed by atoms with Crippen LogP contribution in [0.15, 0.2) is 83.9 Å². The number of allylic oxidation sites excluding steroid dienone is 6. The molecule has 0 radical (unpaired) electrons. The van der Waals surface area contributed by atoms with Gasteiger partial charge in [0.05, 0.1) is 0 Å². The summed E-state index contributed by atoms with van der Waals surface area (Å²) in [5.74, 6) is -0.806. The Bertz CT molecular complexity index is 1070. The Labute approximate surface area is 169 Å². The van der Waals surface area contributed by atoms with E-state index in [1.807, 2.05) is 24.3 Å². The van der Waals surface area contributed by atoms with Crippen LogP contribution in [0.4, 0.5) is 4.39 Å². The number of carbonyl (C=O) groups is 1. The average molecular weight is 387 g/mol. The van der Waals surface area contributed by atoms with Crippen molar-refractivity contribution >= 4 is 17.4 Å². The van der Waals surface area contributed by atoms with Crippen molar-refractivity contribution in [3.05, 3.63) is 101 Å². The number of hydrogen-bond acceptors (Lipinski definition) is 3. The molecule has 0 saturated carbocycles. The molecule has 2 aromatic rings. The minimum Gasteiger partial charge on any atom is -0.369 e. The number of rotatable bonds is 3. The van der Waals surface area contributed by atoms with Crippen molar-refractivity contribution in [3.63, 3.8) is 0 Å². The van der Waals surface area contributed by atoms with E-state index in [-0.39, 0.29) is 17.4 Å². The lowest BCUT2D eigenvalue weighted by atomic mass is 9.81. The monoisotopic (exact) mass is 387 g/mol. The van der Waals surface area contributed by atoms with Gasteiger partial charge in [0.1, 0.15) is 5.82 Å². The van der Waals surface area contributed by atoms with Crippen molar-refractivity contribution in [1.29, 1.82) is 0 Å². The number of nitrogens with zero attached hydrogens (tertiary/aromatic N) is 2. The van der Waals surface area contributed by atoms with Gasteiger partial charge in [0.25, 0.3) is 5.91 Å². The van der Waals surface area contributed by atoms with Crippen molar-refractivity contribution in [3.8, 4) is 0 Å². The van der Waals surface area contributed by atoms with Crippen LogP contribution < -0.4 is 5.73 Å². The molecule has 29 heavy (non-hydrogen) atoms. The maximum absolute atomic E-state index is 15.2. The van der Waals surface area contributed by atoms with Crippen molar-refractivity contribution < 1.29 is 9.18 Å². The van der Waals surface area contributed by atoms with E-state index in [2.05, 4.69) is 17.1 Å². The summed E-state index contributed by atoms with van der Waals surface area (Å²) in [5.41, 5.74) is 6.98. The second-order valence-electron chi connectivity index (χ2n) is 7.14. The number of nitrogens with two attached hydrogens (primary N) is 1. The summed E-state index contributed by atoms with van der Waals surface area (Å²) in [6.45, 7) is 0. The molecule has 146 valence electrons. The topological polar surface area (TPSA) is 58.7 Å². The van der Waals surface area contributed by atoms with Crippen LogP contribution in [0.3, 0.4) is 0 Å². The van der Waals surface area contributed by atoms with Crippen LogP contribution in [0.5, 0.6) is 0 Å². The second-order valence-corrected chi connectivity index (χ2v) is 7.14. The quantitative estimate of drug-likeness (QED) is 0.860. The van der Waals surface area contributed by atoms with Gasteiger partial charge in [-0.25, -0.2) is 9.38 Å². The summed E-state index contributed by atoms with van der Waals surface area (Å²) in [6.07, 6.45) is 12.1. The van der Waals surface area contributed by atoms with E-state index in [1.54, 1.807) is 43.4 Å². The van der Waals surface area contributed by atoms with Crippen molar-refractivity contribution in [1.82, 2.24) is 4.90 Å². The summed E-state index contributed by atoms with van der Waals surface area (Å²) in [6, 6.07) is 13.8. The van der Waals surface area contributed by atoms with Crippen molar-refractivity contribution in [2.75, 3.05) is 7.05 Å². The van der Waals surface area contributed by atoms with Crippen LogP contribution in [0.1, 0.15) is 29.5 Å². The molecular formula is C24H22FN3O. The first kappa shape index (κ1) is 18.9. The van der Waals surface area contributed by atoms with Crippen LogP contribution in [0.25, 0.3) is 5.57 Å². The number of hydrogen-bond donors (Lipinski definition) is 1. The van der Waals surface area contributed by atoms with E-state index in [0.29, 0.717) is 5.56 Å². The molecule has 2 aliphatic rings. The van der Waals surface area contributed by atoms with E-state index in [9.17, 15) is 4.79 Å². The Kier molecular flexibility index (Phi) is 4.89. The van der Waals surface area contributed by atoms with Gasteiger partial charge in [-0.15, -0.1) is 0 Å². The molecule has 0 aromatic heterocycles. The lowest BCUT2D eigenvalue weighted by molar-refractivity contribution is -0.129. The van der Waals surface area contributed by atoms with Gasteiger partial charge in [-0.1, -0.05) is 66.8 Å². The van der Waals surface area contributed by atoms with E-state index in [0.717, 1.165) is 24.0 Å². The average Bonchev–Trinajstić information content (AvgIpc) is 2.94. The van der Waals surface area contributed by atoms with Gasteiger partial charge in [0.15, 0.2) is 11.5 Å². The molecule has 1 amide bonds. The molecule has 5 heteroatoms. The number of carbonyl (C=O) groups excluding carboxylic acids is 1. The maximum Gasteiger partial charge on any atom is 0.266 e. The van der Waals surface area contributed by atoms with Crippen LogP contribution in [-0.2, 0) is 10.3 Å². The molecule has 2 aromatic carbocycles.